The fourth-order valence-corrected chi connectivity index (χ4v) is 4.49. The Morgan fingerprint density at radius 1 is 1.24 bits per heavy atom. The van der Waals surface area contributed by atoms with Crippen LogP contribution in [0.4, 0.5) is 0 Å². The molecule has 0 saturated carbocycles. The van der Waals surface area contributed by atoms with Gasteiger partial charge in [-0.1, -0.05) is 19.9 Å². The lowest BCUT2D eigenvalue weighted by molar-refractivity contribution is -0.133. The standard InChI is InChI=1S/C25H32N6O2/c1-16(2)25(33)30-12-10-19(15-30)22-13-23-28-17(3)21(18(4)31(23)29-22)8-9-24(32)27-14-20-7-5-6-11-26-20/h5-7,11,13,16,19H,8-10,12,14-15H2,1-4H3,(H,27,32). The second-order valence-corrected chi connectivity index (χ2v) is 9.12. The van der Waals surface area contributed by atoms with Gasteiger partial charge in [-0.25, -0.2) is 9.50 Å². The number of amides is 2. The van der Waals surface area contributed by atoms with Gasteiger partial charge in [-0.15, -0.1) is 0 Å². The van der Waals surface area contributed by atoms with Crippen molar-refractivity contribution in [2.45, 2.75) is 59.4 Å². The topological polar surface area (TPSA) is 92.5 Å². The minimum absolute atomic E-state index is 0.0124. The van der Waals surface area contributed by atoms with E-state index < -0.39 is 0 Å². The molecule has 2 amide bonds. The average Bonchev–Trinajstić information content (AvgIpc) is 3.45. The monoisotopic (exact) mass is 448 g/mol. The van der Waals surface area contributed by atoms with Gasteiger partial charge in [-0.05, 0) is 44.4 Å². The summed E-state index contributed by atoms with van der Waals surface area (Å²) in [6.45, 7) is 9.81. The highest BCUT2D eigenvalue weighted by Crippen LogP contribution is 2.28. The number of aromatic nitrogens is 4. The number of carbonyl (C=O) groups excluding carboxylic acids is 2. The van der Waals surface area contributed by atoms with Gasteiger partial charge < -0.3 is 10.2 Å². The van der Waals surface area contributed by atoms with Crippen LogP contribution in [0.15, 0.2) is 30.5 Å². The van der Waals surface area contributed by atoms with Crippen LogP contribution in [0.2, 0.25) is 0 Å². The highest BCUT2D eigenvalue weighted by Gasteiger charge is 2.30. The Labute approximate surface area is 194 Å². The van der Waals surface area contributed by atoms with Gasteiger partial charge in [0.05, 0.1) is 17.9 Å². The molecule has 3 aromatic heterocycles. The first-order valence-corrected chi connectivity index (χ1v) is 11.6. The molecule has 1 aliphatic rings. The Kier molecular flexibility index (Phi) is 6.72. The number of aryl methyl sites for hydroxylation is 2. The molecule has 4 rings (SSSR count). The van der Waals surface area contributed by atoms with Crippen LogP contribution in [-0.2, 0) is 22.6 Å². The van der Waals surface area contributed by atoms with Gasteiger partial charge in [-0.3, -0.25) is 14.6 Å². The third-order valence-corrected chi connectivity index (χ3v) is 6.39. The first-order valence-electron chi connectivity index (χ1n) is 11.6. The molecule has 174 valence electrons. The fraction of sp³-hybridized carbons (Fsp3) is 0.480. The third-order valence-electron chi connectivity index (χ3n) is 6.39. The van der Waals surface area contributed by atoms with E-state index >= 15 is 0 Å². The van der Waals surface area contributed by atoms with Crippen molar-refractivity contribution in [3.05, 3.63) is 58.8 Å². The first kappa shape index (κ1) is 22.9. The highest BCUT2D eigenvalue weighted by atomic mass is 16.2. The first-order chi connectivity index (χ1) is 15.8. The van der Waals surface area contributed by atoms with Crippen molar-refractivity contribution in [3.8, 4) is 0 Å². The summed E-state index contributed by atoms with van der Waals surface area (Å²) in [5, 5.41) is 7.78. The minimum atomic E-state index is -0.0124. The van der Waals surface area contributed by atoms with E-state index in [1.165, 1.54) is 0 Å². The molecular weight excluding hydrogens is 416 g/mol. The second kappa shape index (κ2) is 9.68. The summed E-state index contributed by atoms with van der Waals surface area (Å²) in [6, 6.07) is 7.70. The SMILES string of the molecule is Cc1nc2cc(C3CCN(C(=O)C(C)C)C3)nn2c(C)c1CCC(=O)NCc1ccccn1. The number of rotatable bonds is 7. The van der Waals surface area contributed by atoms with E-state index in [9.17, 15) is 9.59 Å². The van der Waals surface area contributed by atoms with Gasteiger partial charge >= 0.3 is 0 Å². The summed E-state index contributed by atoms with van der Waals surface area (Å²) in [5.74, 6) is 0.437. The van der Waals surface area contributed by atoms with E-state index in [4.69, 9.17) is 10.1 Å². The zero-order valence-electron chi connectivity index (χ0n) is 19.8. The molecular formula is C25H32N6O2. The van der Waals surface area contributed by atoms with Crippen LogP contribution in [0.3, 0.4) is 0 Å². The molecule has 1 atom stereocenters. The van der Waals surface area contributed by atoms with E-state index in [-0.39, 0.29) is 23.7 Å². The Morgan fingerprint density at radius 3 is 2.79 bits per heavy atom. The van der Waals surface area contributed by atoms with Gasteiger partial charge in [0.2, 0.25) is 11.8 Å². The Hall–Kier alpha value is -3.29. The normalized spacial score (nSPS) is 16.0. The van der Waals surface area contributed by atoms with Crippen molar-refractivity contribution in [3.63, 3.8) is 0 Å². The molecule has 0 spiro atoms. The van der Waals surface area contributed by atoms with E-state index in [2.05, 4.69) is 10.3 Å². The molecule has 1 fully saturated rings. The molecule has 0 radical (unpaired) electrons. The van der Waals surface area contributed by atoms with Gasteiger partial charge in [0.1, 0.15) is 0 Å². The Balaban J connectivity index is 1.43. The molecule has 1 saturated heterocycles. The quantitative estimate of drug-likeness (QED) is 0.600. The molecule has 33 heavy (non-hydrogen) atoms. The van der Waals surface area contributed by atoms with Crippen molar-refractivity contribution < 1.29 is 9.59 Å². The van der Waals surface area contributed by atoms with Gasteiger partial charge in [-0.2, -0.15) is 5.10 Å². The molecule has 1 N–H and O–H groups in total. The van der Waals surface area contributed by atoms with Crippen LogP contribution in [0.5, 0.6) is 0 Å². The van der Waals surface area contributed by atoms with Crippen molar-refractivity contribution in [1.82, 2.24) is 29.8 Å². The van der Waals surface area contributed by atoms with Crippen LogP contribution in [0.25, 0.3) is 5.65 Å². The van der Waals surface area contributed by atoms with Crippen molar-refractivity contribution in [2.24, 2.45) is 5.92 Å². The lowest BCUT2D eigenvalue weighted by Gasteiger charge is -2.18. The summed E-state index contributed by atoms with van der Waals surface area (Å²) in [4.78, 5) is 35.7. The van der Waals surface area contributed by atoms with Crippen molar-refractivity contribution in [2.75, 3.05) is 13.1 Å². The summed E-state index contributed by atoms with van der Waals surface area (Å²) < 4.78 is 1.89. The number of nitrogens with zero attached hydrogens (tertiary/aromatic N) is 5. The summed E-state index contributed by atoms with van der Waals surface area (Å²) in [6.07, 6.45) is 3.62. The maximum Gasteiger partial charge on any atom is 0.225 e. The summed E-state index contributed by atoms with van der Waals surface area (Å²) in [5.41, 5.74) is 5.62. The van der Waals surface area contributed by atoms with E-state index in [1.54, 1.807) is 6.20 Å². The smallest absolute Gasteiger partial charge is 0.225 e. The predicted octanol–water partition coefficient (Wildman–Crippen LogP) is 2.96. The number of carbonyl (C=O) groups is 2. The maximum absolute atomic E-state index is 12.4. The van der Waals surface area contributed by atoms with Crippen LogP contribution >= 0.6 is 0 Å². The van der Waals surface area contributed by atoms with Gasteiger partial charge in [0, 0.05) is 55.0 Å². The number of nitrogens with one attached hydrogen (secondary N) is 1. The number of pyridine rings is 1. The van der Waals surface area contributed by atoms with Crippen LogP contribution < -0.4 is 5.32 Å². The lowest BCUT2D eigenvalue weighted by Crippen LogP contribution is -2.32. The number of likely N-dealkylation sites (tertiary alicyclic amines) is 1. The van der Waals surface area contributed by atoms with Crippen LogP contribution in [0.1, 0.15) is 60.9 Å². The molecule has 8 nitrogen and oxygen atoms in total. The van der Waals surface area contributed by atoms with Crippen LogP contribution in [0, 0.1) is 19.8 Å². The molecule has 1 aliphatic heterocycles. The molecule has 1 unspecified atom stereocenters. The minimum Gasteiger partial charge on any atom is -0.350 e. The number of hydrogen-bond acceptors (Lipinski definition) is 5. The van der Waals surface area contributed by atoms with Crippen LogP contribution in [-0.4, -0.2) is 49.4 Å². The zero-order valence-corrected chi connectivity index (χ0v) is 19.8. The van der Waals surface area contributed by atoms with E-state index in [0.29, 0.717) is 25.9 Å². The summed E-state index contributed by atoms with van der Waals surface area (Å²) in [7, 11) is 0. The fourth-order valence-electron chi connectivity index (χ4n) is 4.49. The largest absolute Gasteiger partial charge is 0.350 e. The molecule has 0 aromatic carbocycles. The Morgan fingerprint density at radius 2 is 2.06 bits per heavy atom. The highest BCUT2D eigenvalue weighted by molar-refractivity contribution is 5.78. The van der Waals surface area contributed by atoms with Crippen molar-refractivity contribution >= 4 is 17.5 Å². The maximum atomic E-state index is 12.4. The molecule has 3 aromatic rings. The molecule has 0 aliphatic carbocycles. The second-order valence-electron chi connectivity index (χ2n) is 9.12. The number of fused-ring (bicyclic) bond motifs is 1. The molecule has 0 bridgehead atoms. The molecule has 8 heteroatoms. The van der Waals surface area contributed by atoms with Crippen molar-refractivity contribution in [1.29, 1.82) is 0 Å². The number of hydrogen-bond donors (Lipinski definition) is 1. The van der Waals surface area contributed by atoms with E-state index in [0.717, 1.165) is 47.0 Å². The average molecular weight is 449 g/mol. The third kappa shape index (κ3) is 5.05. The zero-order chi connectivity index (χ0) is 23.5. The Bertz CT molecular complexity index is 1150. The van der Waals surface area contributed by atoms with E-state index in [1.807, 2.05) is 61.4 Å². The summed E-state index contributed by atoms with van der Waals surface area (Å²) >= 11 is 0. The molecule has 4 heterocycles. The predicted molar refractivity (Wildman–Crippen MR) is 126 cm³/mol. The lowest BCUT2D eigenvalue weighted by atomic mass is 10.1. The van der Waals surface area contributed by atoms with Gasteiger partial charge in [0.25, 0.3) is 0 Å². The van der Waals surface area contributed by atoms with Gasteiger partial charge in [0.15, 0.2) is 5.65 Å².